The third-order valence-electron chi connectivity index (χ3n) is 3.00. The summed E-state index contributed by atoms with van der Waals surface area (Å²) in [6.07, 6.45) is 0. The fourth-order valence-electron chi connectivity index (χ4n) is 2.36. The highest BCUT2D eigenvalue weighted by Crippen LogP contribution is 2.40. The van der Waals surface area contributed by atoms with Crippen LogP contribution in [0.1, 0.15) is 18.1 Å². The molecule has 6 heteroatoms. The number of aromatic hydroxyl groups is 1. The lowest BCUT2D eigenvalue weighted by molar-refractivity contribution is 0.426. The molecule has 0 saturated carbocycles. The van der Waals surface area contributed by atoms with Crippen molar-refractivity contribution >= 4 is 33.9 Å². The van der Waals surface area contributed by atoms with Crippen LogP contribution in [0, 0.1) is 13.8 Å². The predicted molar refractivity (Wildman–Crippen MR) is 80.1 cm³/mol. The molecule has 0 aliphatic rings. The Labute approximate surface area is 116 Å². The number of nitrogens with two attached hydrogens (primary N) is 1. The summed E-state index contributed by atoms with van der Waals surface area (Å²) in [4.78, 5) is 0. The summed E-state index contributed by atoms with van der Waals surface area (Å²) in [5.74, 6) is 0.0891. The van der Waals surface area contributed by atoms with Crippen molar-refractivity contribution in [1.29, 1.82) is 0 Å². The van der Waals surface area contributed by atoms with E-state index < -0.39 is 0 Å². The first-order valence-corrected chi connectivity index (χ1v) is 6.40. The molecule has 5 nitrogen and oxygen atoms in total. The molecule has 0 spiro atoms. The Kier molecular flexibility index (Phi) is 3.53. The van der Waals surface area contributed by atoms with Crippen LogP contribution in [0.5, 0.6) is 5.88 Å². The number of fused-ring (bicyclic) bond motifs is 1. The molecular weight excluding hydrogens is 260 g/mol. The Balaban J connectivity index is 2.83. The fourth-order valence-corrected chi connectivity index (χ4v) is 2.40. The van der Waals surface area contributed by atoms with E-state index in [0.717, 1.165) is 22.0 Å². The molecule has 0 atom stereocenters. The summed E-state index contributed by atoms with van der Waals surface area (Å²) in [5.41, 5.74) is 8.88. The molecule has 0 aliphatic heterocycles. The van der Waals surface area contributed by atoms with Crippen LogP contribution in [0.25, 0.3) is 10.9 Å². The van der Waals surface area contributed by atoms with Crippen LogP contribution in [0.2, 0.25) is 0 Å². The molecule has 1 heterocycles. The smallest absolute Gasteiger partial charge is 0.220 e. The van der Waals surface area contributed by atoms with Gasteiger partial charge in [0.2, 0.25) is 11.0 Å². The third kappa shape index (κ3) is 2.31. The lowest BCUT2D eigenvalue weighted by Gasteiger charge is -2.05. The molecule has 2 rings (SSSR count). The van der Waals surface area contributed by atoms with Crippen molar-refractivity contribution < 1.29 is 5.11 Å². The highest BCUT2D eigenvalue weighted by molar-refractivity contribution is 7.80. The molecule has 1 aromatic carbocycles. The van der Waals surface area contributed by atoms with E-state index in [1.807, 2.05) is 26.8 Å². The first-order valence-electron chi connectivity index (χ1n) is 5.99. The lowest BCUT2D eigenvalue weighted by Crippen LogP contribution is -2.01. The van der Waals surface area contributed by atoms with Crippen LogP contribution in [0.4, 0.5) is 5.69 Å². The molecule has 19 heavy (non-hydrogen) atoms. The van der Waals surface area contributed by atoms with Gasteiger partial charge in [-0.25, -0.2) is 0 Å². The minimum absolute atomic E-state index is 0.0545. The van der Waals surface area contributed by atoms with Crippen molar-refractivity contribution in [2.45, 2.75) is 27.3 Å². The van der Waals surface area contributed by atoms with Crippen molar-refractivity contribution in [3.8, 4) is 5.88 Å². The van der Waals surface area contributed by atoms with Gasteiger partial charge in [0.25, 0.3) is 0 Å². The first kappa shape index (κ1) is 13.5. The van der Waals surface area contributed by atoms with Crippen molar-refractivity contribution in [2.75, 3.05) is 0 Å². The summed E-state index contributed by atoms with van der Waals surface area (Å²) in [5, 5.41) is 18.7. The number of thiocarbonyl (C=S) groups is 1. The number of aryl methyl sites for hydroxylation is 3. The number of nitrogens with zero attached hydrogens (tertiary/aromatic N) is 3. The summed E-state index contributed by atoms with van der Waals surface area (Å²) < 4.78 is 1.80. The molecule has 2 aromatic rings. The highest BCUT2D eigenvalue weighted by Gasteiger charge is 2.17. The molecule has 3 N–H and O–H groups in total. The number of benzene rings is 1. The van der Waals surface area contributed by atoms with E-state index in [-0.39, 0.29) is 11.0 Å². The van der Waals surface area contributed by atoms with Crippen molar-refractivity contribution in [3.05, 3.63) is 23.3 Å². The van der Waals surface area contributed by atoms with Gasteiger partial charge in [0.15, 0.2) is 5.69 Å². The zero-order valence-corrected chi connectivity index (χ0v) is 12.0. The quantitative estimate of drug-likeness (QED) is 0.652. The fraction of sp³-hybridized carbons (Fsp3) is 0.308. The van der Waals surface area contributed by atoms with Gasteiger partial charge >= 0.3 is 0 Å². The van der Waals surface area contributed by atoms with Gasteiger partial charge in [0, 0.05) is 11.9 Å². The maximum Gasteiger partial charge on any atom is 0.220 e. The number of hydrogen-bond donors (Lipinski definition) is 2. The highest BCUT2D eigenvalue weighted by atomic mass is 32.1. The molecular formula is C13H16N4OS. The topological polar surface area (TPSA) is 75.9 Å². The summed E-state index contributed by atoms with van der Waals surface area (Å²) in [6.45, 7) is 6.62. The zero-order chi connectivity index (χ0) is 14.2. The van der Waals surface area contributed by atoms with Gasteiger partial charge < -0.3 is 15.4 Å². The number of azo groups is 1. The van der Waals surface area contributed by atoms with Gasteiger partial charge in [-0.2, -0.15) is 0 Å². The van der Waals surface area contributed by atoms with E-state index in [0.29, 0.717) is 12.2 Å². The first-order chi connectivity index (χ1) is 8.95. The molecule has 0 saturated heterocycles. The van der Waals surface area contributed by atoms with E-state index >= 15 is 0 Å². The van der Waals surface area contributed by atoms with Crippen molar-refractivity contribution in [1.82, 2.24) is 4.57 Å². The van der Waals surface area contributed by atoms with Crippen molar-refractivity contribution in [2.24, 2.45) is 16.0 Å². The van der Waals surface area contributed by atoms with E-state index in [1.165, 1.54) is 0 Å². The van der Waals surface area contributed by atoms with Crippen LogP contribution in [-0.4, -0.2) is 14.8 Å². The van der Waals surface area contributed by atoms with Crippen LogP contribution in [-0.2, 0) is 6.54 Å². The van der Waals surface area contributed by atoms with Crippen LogP contribution in [0.15, 0.2) is 22.4 Å². The minimum Gasteiger partial charge on any atom is -0.493 e. The van der Waals surface area contributed by atoms with Gasteiger partial charge in [-0.15, -0.1) is 10.2 Å². The predicted octanol–water partition coefficient (Wildman–Crippen LogP) is 3.31. The molecule has 0 amide bonds. The second-order valence-electron chi connectivity index (χ2n) is 4.43. The van der Waals surface area contributed by atoms with E-state index in [2.05, 4.69) is 28.5 Å². The molecule has 100 valence electrons. The number of hydrogen-bond acceptors (Lipinski definition) is 3. The largest absolute Gasteiger partial charge is 0.493 e. The normalized spacial score (nSPS) is 11.5. The average Bonchev–Trinajstić information content (AvgIpc) is 2.58. The number of rotatable bonds is 2. The Morgan fingerprint density at radius 2 is 2.11 bits per heavy atom. The summed E-state index contributed by atoms with van der Waals surface area (Å²) in [7, 11) is 0. The standard InChI is InChI=1S/C13H16N4OS/c1-4-17-11-8(3)5-7(2)6-9(11)10(12(17)18)15-16-13(14)19/h5-6,18H,4H2,1-3H3,(H2,14,19). The van der Waals surface area contributed by atoms with E-state index in [1.54, 1.807) is 4.57 Å². The van der Waals surface area contributed by atoms with Crippen LogP contribution < -0.4 is 5.73 Å². The molecule has 0 fully saturated rings. The van der Waals surface area contributed by atoms with Gasteiger partial charge in [0.1, 0.15) is 0 Å². The molecule has 0 aliphatic carbocycles. The van der Waals surface area contributed by atoms with Gasteiger partial charge in [-0.1, -0.05) is 11.6 Å². The van der Waals surface area contributed by atoms with Crippen molar-refractivity contribution in [3.63, 3.8) is 0 Å². The van der Waals surface area contributed by atoms with E-state index in [4.69, 9.17) is 5.73 Å². The Morgan fingerprint density at radius 3 is 2.68 bits per heavy atom. The Bertz CT molecular complexity index is 688. The second kappa shape index (κ2) is 4.97. The minimum atomic E-state index is -0.0545. The zero-order valence-electron chi connectivity index (χ0n) is 11.1. The average molecular weight is 276 g/mol. The summed E-state index contributed by atoms with van der Waals surface area (Å²) in [6, 6.07) is 4.05. The third-order valence-corrected chi connectivity index (χ3v) is 3.08. The maximum atomic E-state index is 10.3. The summed E-state index contributed by atoms with van der Waals surface area (Å²) >= 11 is 4.68. The van der Waals surface area contributed by atoms with E-state index in [9.17, 15) is 5.11 Å². The SMILES string of the molecule is CCn1c(O)c(N=NC(N)=S)c2cc(C)cc(C)c21. The monoisotopic (exact) mass is 276 g/mol. The molecule has 0 radical (unpaired) electrons. The Hall–Kier alpha value is -1.95. The molecule has 0 bridgehead atoms. The van der Waals surface area contributed by atoms with Crippen LogP contribution >= 0.6 is 12.2 Å². The second-order valence-corrected chi connectivity index (χ2v) is 4.85. The van der Waals surface area contributed by atoms with Gasteiger partial charge in [-0.3, -0.25) is 0 Å². The van der Waals surface area contributed by atoms with Crippen LogP contribution in [0.3, 0.4) is 0 Å². The lowest BCUT2D eigenvalue weighted by atomic mass is 10.1. The molecule has 1 aromatic heterocycles. The Morgan fingerprint density at radius 1 is 1.42 bits per heavy atom. The molecule has 0 unspecified atom stereocenters. The maximum absolute atomic E-state index is 10.3. The number of aromatic nitrogens is 1. The van der Waals surface area contributed by atoms with Gasteiger partial charge in [0.05, 0.1) is 5.52 Å². The van der Waals surface area contributed by atoms with Gasteiger partial charge in [-0.05, 0) is 44.6 Å².